The zero-order valence-electron chi connectivity index (χ0n) is 4.69. The van der Waals surface area contributed by atoms with Gasteiger partial charge >= 0.3 is 0 Å². The molecule has 0 unspecified atom stereocenters. The lowest BCUT2D eigenvalue weighted by atomic mass is 10.5. The van der Waals surface area contributed by atoms with Crippen molar-refractivity contribution in [2.24, 2.45) is 0 Å². The highest BCUT2D eigenvalue weighted by Crippen LogP contribution is 1.68. The molecule has 0 aliphatic carbocycles. The zero-order chi connectivity index (χ0) is 4.99. The molecule has 1 amide bonds. The topological polar surface area (TPSA) is 29.1 Å². The first kappa shape index (κ1) is 15.6. The van der Waals surface area contributed by atoms with Crippen molar-refractivity contribution < 1.29 is 4.79 Å². The van der Waals surface area contributed by atoms with E-state index in [9.17, 15) is 4.79 Å². The number of nitrogens with one attached hydrogen (secondary N) is 1. The summed E-state index contributed by atoms with van der Waals surface area (Å²) >= 11 is 0. The van der Waals surface area contributed by atoms with Crippen LogP contribution < -0.4 is 5.32 Å². The molecule has 0 heterocycles. The molecule has 0 spiro atoms. The summed E-state index contributed by atoms with van der Waals surface area (Å²) in [7, 11) is 1.63. The molecule has 3 radical (unpaired) electrons. The molecule has 2 nitrogen and oxygen atoms in total. The number of hydrogen-bond donors (Lipinski definition) is 1. The smallest absolute Gasteiger partial charge is 0.219 e. The largest absolute Gasteiger partial charge is 0.359 e. The van der Waals surface area contributed by atoms with Gasteiger partial charge in [-0.3, -0.25) is 4.79 Å². The van der Waals surface area contributed by atoms with Crippen LogP contribution in [0.5, 0.6) is 0 Å². The normalized spacial score (nSPS) is 5.75. The molecule has 0 aliphatic rings. The summed E-state index contributed by atoms with van der Waals surface area (Å²) in [5, 5.41) is 2.48. The predicted octanol–water partition coefficient (Wildman–Crippen LogP) is 0.398. The van der Waals surface area contributed by atoms with E-state index in [1.165, 1.54) is 0 Å². The zero-order valence-corrected chi connectivity index (χ0v) is 4.69. The summed E-state index contributed by atoms with van der Waals surface area (Å²) in [4.78, 5) is 10.1. The third-order valence-corrected chi connectivity index (χ3v) is 0.600. The van der Waals surface area contributed by atoms with E-state index in [1.54, 1.807) is 7.05 Å². The first-order valence-corrected chi connectivity index (χ1v) is 2.01. The first-order valence-electron chi connectivity index (χ1n) is 2.01. The molecule has 47 valence electrons. The van der Waals surface area contributed by atoms with Gasteiger partial charge in [0, 0.05) is 21.9 Å². The molecule has 3 heteroatoms. The molecule has 0 saturated heterocycles. The molecule has 0 bridgehead atoms. The quantitative estimate of drug-likeness (QED) is 0.491. The van der Waals surface area contributed by atoms with Crippen LogP contribution in [-0.2, 0) is 4.79 Å². The van der Waals surface area contributed by atoms with Crippen molar-refractivity contribution >= 4 is 14.3 Å². The van der Waals surface area contributed by atoms with Gasteiger partial charge in [0.2, 0.25) is 5.91 Å². The van der Waals surface area contributed by atoms with Crippen LogP contribution in [0.1, 0.15) is 20.8 Å². The van der Waals surface area contributed by atoms with Gasteiger partial charge in [-0.05, 0) is 0 Å². The molecule has 0 saturated carbocycles. The number of amides is 1. The average molecular weight is 114 g/mol. The number of carbonyl (C=O) groups is 1. The summed E-state index contributed by atoms with van der Waals surface area (Å²) in [6, 6.07) is 0. The molecule has 0 rings (SSSR count). The van der Waals surface area contributed by atoms with Crippen LogP contribution in [0.25, 0.3) is 0 Å². The molecule has 0 aromatic rings. The van der Waals surface area contributed by atoms with Crippen LogP contribution in [0.3, 0.4) is 0 Å². The second-order valence-corrected chi connectivity index (χ2v) is 1.03. The van der Waals surface area contributed by atoms with Crippen molar-refractivity contribution in [1.29, 1.82) is 0 Å². The first-order chi connectivity index (χ1) is 2.81. The minimum Gasteiger partial charge on any atom is -0.359 e. The highest BCUT2D eigenvalue weighted by molar-refractivity contribution is 5.75. The van der Waals surface area contributed by atoms with Crippen LogP contribution in [0.15, 0.2) is 0 Å². The second-order valence-electron chi connectivity index (χ2n) is 1.03. The summed E-state index contributed by atoms with van der Waals surface area (Å²) in [5.74, 6) is 0.0926. The van der Waals surface area contributed by atoms with Crippen molar-refractivity contribution in [3.8, 4) is 0 Å². The van der Waals surface area contributed by atoms with E-state index in [2.05, 4.69) is 5.32 Å². The maximum absolute atomic E-state index is 10.1. The third-order valence-electron chi connectivity index (χ3n) is 0.600. The standard InChI is InChI=1S/C4H9NO.CH4.B/c1-3-4(6)5-2;;/h3H2,1-2H3,(H,5,6);1H4;. The molecular formula is C5H13BNO. The Hall–Kier alpha value is -0.465. The average Bonchev–Trinajstić information content (AvgIpc) is 1.65. The van der Waals surface area contributed by atoms with Crippen molar-refractivity contribution in [2.45, 2.75) is 20.8 Å². The summed E-state index contributed by atoms with van der Waals surface area (Å²) in [6.45, 7) is 1.82. The maximum atomic E-state index is 10.1. The Morgan fingerprint density at radius 1 is 1.62 bits per heavy atom. The Morgan fingerprint density at radius 2 is 2.00 bits per heavy atom. The maximum Gasteiger partial charge on any atom is 0.219 e. The predicted molar refractivity (Wildman–Crippen MR) is 36.8 cm³/mol. The monoisotopic (exact) mass is 114 g/mol. The van der Waals surface area contributed by atoms with Crippen LogP contribution >= 0.6 is 0 Å². The van der Waals surface area contributed by atoms with Gasteiger partial charge in [-0.2, -0.15) is 0 Å². The lowest BCUT2D eigenvalue weighted by Gasteiger charge is -1.87. The van der Waals surface area contributed by atoms with Crippen LogP contribution in [0.4, 0.5) is 0 Å². The summed E-state index contributed by atoms with van der Waals surface area (Å²) in [5.41, 5.74) is 0. The van der Waals surface area contributed by atoms with E-state index in [0.29, 0.717) is 6.42 Å². The van der Waals surface area contributed by atoms with Crippen molar-refractivity contribution in [1.82, 2.24) is 5.32 Å². The van der Waals surface area contributed by atoms with E-state index < -0.39 is 0 Å². The molecule has 1 N–H and O–H groups in total. The van der Waals surface area contributed by atoms with E-state index in [0.717, 1.165) is 0 Å². The molecule has 0 fully saturated rings. The van der Waals surface area contributed by atoms with Gasteiger partial charge in [0.25, 0.3) is 0 Å². The Bertz CT molecular complexity index is 50.4. The number of rotatable bonds is 1. The SMILES string of the molecule is C.CCC(=O)NC.[B]. The lowest BCUT2D eigenvalue weighted by molar-refractivity contribution is -0.120. The highest BCUT2D eigenvalue weighted by Gasteiger charge is 1.84. The van der Waals surface area contributed by atoms with E-state index in [-0.39, 0.29) is 21.7 Å². The lowest BCUT2D eigenvalue weighted by Crippen LogP contribution is -2.15. The fraction of sp³-hybridized carbons (Fsp3) is 0.800. The van der Waals surface area contributed by atoms with Crippen molar-refractivity contribution in [2.75, 3.05) is 7.05 Å². The second kappa shape index (κ2) is 9.73. The molecule has 0 aromatic heterocycles. The Labute approximate surface area is 53.2 Å². The van der Waals surface area contributed by atoms with E-state index in [4.69, 9.17) is 0 Å². The molecule has 0 atom stereocenters. The van der Waals surface area contributed by atoms with Gasteiger partial charge in [-0.15, -0.1) is 0 Å². The Balaban J connectivity index is -0.000000125. The fourth-order valence-electron chi connectivity index (χ4n) is 0.177. The van der Waals surface area contributed by atoms with Gasteiger partial charge in [0.05, 0.1) is 0 Å². The fourth-order valence-corrected chi connectivity index (χ4v) is 0.177. The minimum absolute atomic E-state index is 0. The number of carbonyl (C=O) groups excluding carboxylic acids is 1. The van der Waals surface area contributed by atoms with Gasteiger partial charge in [0.1, 0.15) is 0 Å². The van der Waals surface area contributed by atoms with Gasteiger partial charge in [-0.1, -0.05) is 14.4 Å². The third kappa shape index (κ3) is 9.11. The van der Waals surface area contributed by atoms with Crippen molar-refractivity contribution in [3.63, 3.8) is 0 Å². The van der Waals surface area contributed by atoms with E-state index in [1.807, 2.05) is 6.92 Å². The highest BCUT2D eigenvalue weighted by atomic mass is 16.1. The van der Waals surface area contributed by atoms with Gasteiger partial charge in [-0.25, -0.2) is 0 Å². The van der Waals surface area contributed by atoms with Crippen LogP contribution in [-0.4, -0.2) is 21.4 Å². The molecule has 8 heavy (non-hydrogen) atoms. The van der Waals surface area contributed by atoms with Crippen LogP contribution in [0.2, 0.25) is 0 Å². The molecular weight excluding hydrogens is 101 g/mol. The number of hydrogen-bond acceptors (Lipinski definition) is 1. The molecule has 0 aliphatic heterocycles. The summed E-state index contributed by atoms with van der Waals surface area (Å²) < 4.78 is 0. The van der Waals surface area contributed by atoms with Crippen molar-refractivity contribution in [3.05, 3.63) is 0 Å². The Kier molecular flexibility index (Phi) is 19.0. The summed E-state index contributed by atoms with van der Waals surface area (Å²) in [6.07, 6.45) is 0.580. The molecule has 0 aromatic carbocycles. The van der Waals surface area contributed by atoms with Gasteiger partial charge < -0.3 is 5.32 Å². The van der Waals surface area contributed by atoms with Gasteiger partial charge in [0.15, 0.2) is 0 Å². The minimum atomic E-state index is 0. The van der Waals surface area contributed by atoms with Crippen LogP contribution in [0, 0.1) is 0 Å². The Morgan fingerprint density at radius 3 is 2.00 bits per heavy atom. The van der Waals surface area contributed by atoms with E-state index >= 15 is 0 Å².